The van der Waals surface area contributed by atoms with Crippen molar-refractivity contribution in [2.24, 2.45) is 0 Å². The summed E-state index contributed by atoms with van der Waals surface area (Å²) in [5.74, 6) is 0. The van der Waals surface area contributed by atoms with Gasteiger partial charge < -0.3 is 14.8 Å². The maximum absolute atomic E-state index is 5.21. The van der Waals surface area contributed by atoms with Gasteiger partial charge >= 0.3 is 0 Å². The monoisotopic (exact) mass is 216 g/mol. The van der Waals surface area contributed by atoms with Crippen molar-refractivity contribution in [2.75, 3.05) is 40.4 Å². The highest BCUT2D eigenvalue weighted by atomic mass is 16.7. The van der Waals surface area contributed by atoms with Crippen LogP contribution in [0.3, 0.4) is 0 Å². The summed E-state index contributed by atoms with van der Waals surface area (Å²) in [5, 5.41) is 3.51. The van der Waals surface area contributed by atoms with Gasteiger partial charge in [0.15, 0.2) is 6.29 Å². The second kappa shape index (κ2) is 7.17. The molecule has 1 fully saturated rings. The summed E-state index contributed by atoms with van der Waals surface area (Å²) < 4.78 is 10.4. The molecule has 1 unspecified atom stereocenters. The van der Waals surface area contributed by atoms with Gasteiger partial charge in [0, 0.05) is 33.4 Å². The van der Waals surface area contributed by atoms with Crippen LogP contribution < -0.4 is 5.32 Å². The molecular formula is C11H24N2O2. The Morgan fingerprint density at radius 2 is 2.13 bits per heavy atom. The summed E-state index contributed by atoms with van der Waals surface area (Å²) in [6.07, 6.45) is 2.49. The second-order valence-corrected chi connectivity index (χ2v) is 4.05. The lowest BCUT2D eigenvalue weighted by molar-refractivity contribution is -0.116. The fourth-order valence-electron chi connectivity index (χ4n) is 2.01. The number of nitrogens with one attached hydrogen (secondary N) is 1. The van der Waals surface area contributed by atoms with Crippen LogP contribution in [-0.4, -0.2) is 57.6 Å². The Balaban J connectivity index is 2.27. The molecule has 0 bridgehead atoms. The van der Waals surface area contributed by atoms with Gasteiger partial charge in [0.05, 0.1) is 0 Å². The topological polar surface area (TPSA) is 33.7 Å². The molecule has 1 aliphatic heterocycles. The van der Waals surface area contributed by atoms with E-state index in [-0.39, 0.29) is 6.29 Å². The van der Waals surface area contributed by atoms with Gasteiger partial charge in [0.1, 0.15) is 0 Å². The minimum atomic E-state index is -0.105. The number of rotatable bonds is 7. The summed E-state index contributed by atoms with van der Waals surface area (Å²) in [5.41, 5.74) is 0. The molecule has 1 heterocycles. The zero-order valence-electron chi connectivity index (χ0n) is 10.2. The van der Waals surface area contributed by atoms with E-state index >= 15 is 0 Å². The molecule has 1 rings (SSSR count). The van der Waals surface area contributed by atoms with Gasteiger partial charge in [-0.05, 0) is 25.9 Å². The van der Waals surface area contributed by atoms with Crippen LogP contribution in [0.15, 0.2) is 0 Å². The Morgan fingerprint density at radius 3 is 2.60 bits per heavy atom. The van der Waals surface area contributed by atoms with E-state index in [1.165, 1.54) is 19.4 Å². The Hall–Kier alpha value is -0.160. The zero-order valence-corrected chi connectivity index (χ0v) is 10.2. The molecule has 4 heteroatoms. The first-order valence-electron chi connectivity index (χ1n) is 5.81. The van der Waals surface area contributed by atoms with E-state index in [9.17, 15) is 0 Å². The van der Waals surface area contributed by atoms with E-state index in [0.29, 0.717) is 6.04 Å². The number of ether oxygens (including phenoxy) is 2. The van der Waals surface area contributed by atoms with Crippen LogP contribution in [0, 0.1) is 0 Å². The summed E-state index contributed by atoms with van der Waals surface area (Å²) >= 11 is 0. The first kappa shape index (κ1) is 12.9. The average molecular weight is 216 g/mol. The van der Waals surface area contributed by atoms with Crippen molar-refractivity contribution in [1.82, 2.24) is 10.2 Å². The highest BCUT2D eigenvalue weighted by Gasteiger charge is 2.19. The Labute approximate surface area is 92.9 Å². The third-order valence-electron chi connectivity index (χ3n) is 3.02. The standard InChI is InChI=1S/C11H24N2O2/c1-4-13(9-11(14-2)15-3)8-10-6-5-7-12-10/h10-12H,4-9H2,1-3H3. The number of nitrogens with zero attached hydrogens (tertiary/aromatic N) is 1. The number of likely N-dealkylation sites (N-methyl/N-ethyl adjacent to an activating group) is 1. The molecule has 1 aliphatic rings. The van der Waals surface area contributed by atoms with E-state index in [1.54, 1.807) is 14.2 Å². The lowest BCUT2D eigenvalue weighted by Gasteiger charge is -2.27. The molecular weight excluding hydrogens is 192 g/mol. The quantitative estimate of drug-likeness (QED) is 0.635. The van der Waals surface area contributed by atoms with Gasteiger partial charge in [0.25, 0.3) is 0 Å². The molecule has 0 aromatic heterocycles. The van der Waals surface area contributed by atoms with Crippen molar-refractivity contribution >= 4 is 0 Å². The molecule has 4 nitrogen and oxygen atoms in total. The first-order chi connectivity index (χ1) is 7.30. The molecule has 0 amide bonds. The Kier molecular flexibility index (Phi) is 6.17. The third kappa shape index (κ3) is 4.47. The molecule has 0 aromatic carbocycles. The normalized spacial score (nSPS) is 21.8. The van der Waals surface area contributed by atoms with Crippen LogP contribution in [0.2, 0.25) is 0 Å². The zero-order chi connectivity index (χ0) is 11.1. The molecule has 0 saturated carbocycles. The Bertz CT molecular complexity index is 153. The predicted octanol–water partition coefficient (Wildman–Crippen LogP) is 0.679. The van der Waals surface area contributed by atoms with E-state index < -0.39 is 0 Å². The first-order valence-corrected chi connectivity index (χ1v) is 5.81. The molecule has 1 saturated heterocycles. The van der Waals surface area contributed by atoms with Crippen LogP contribution >= 0.6 is 0 Å². The van der Waals surface area contributed by atoms with E-state index in [1.807, 2.05) is 0 Å². The largest absolute Gasteiger partial charge is 0.355 e. The van der Waals surface area contributed by atoms with Crippen molar-refractivity contribution in [3.63, 3.8) is 0 Å². The summed E-state index contributed by atoms with van der Waals surface area (Å²) in [7, 11) is 3.38. The lowest BCUT2D eigenvalue weighted by Crippen LogP contribution is -2.42. The highest BCUT2D eigenvalue weighted by molar-refractivity contribution is 4.77. The third-order valence-corrected chi connectivity index (χ3v) is 3.02. The lowest BCUT2D eigenvalue weighted by atomic mass is 10.2. The van der Waals surface area contributed by atoms with Gasteiger partial charge in [-0.2, -0.15) is 0 Å². The van der Waals surface area contributed by atoms with Crippen molar-refractivity contribution in [2.45, 2.75) is 32.1 Å². The molecule has 0 aliphatic carbocycles. The average Bonchev–Trinajstić information content (AvgIpc) is 2.76. The van der Waals surface area contributed by atoms with Gasteiger partial charge in [-0.15, -0.1) is 0 Å². The van der Waals surface area contributed by atoms with Gasteiger partial charge in [-0.1, -0.05) is 6.92 Å². The van der Waals surface area contributed by atoms with E-state index in [4.69, 9.17) is 9.47 Å². The van der Waals surface area contributed by atoms with E-state index in [0.717, 1.165) is 19.6 Å². The Morgan fingerprint density at radius 1 is 1.40 bits per heavy atom. The SMILES string of the molecule is CCN(CC1CCCN1)CC(OC)OC. The van der Waals surface area contributed by atoms with Crippen LogP contribution in [0.5, 0.6) is 0 Å². The molecule has 0 radical (unpaired) electrons. The van der Waals surface area contributed by atoms with Crippen LogP contribution in [0.25, 0.3) is 0 Å². The summed E-state index contributed by atoms with van der Waals surface area (Å²) in [4.78, 5) is 2.38. The molecule has 1 atom stereocenters. The maximum atomic E-state index is 5.21. The van der Waals surface area contributed by atoms with E-state index in [2.05, 4.69) is 17.1 Å². The van der Waals surface area contributed by atoms with Crippen molar-refractivity contribution in [3.05, 3.63) is 0 Å². The minimum absolute atomic E-state index is 0.105. The van der Waals surface area contributed by atoms with Crippen molar-refractivity contribution in [1.29, 1.82) is 0 Å². The molecule has 90 valence electrons. The van der Waals surface area contributed by atoms with Crippen LogP contribution in [0.1, 0.15) is 19.8 Å². The van der Waals surface area contributed by atoms with Crippen molar-refractivity contribution in [3.8, 4) is 0 Å². The van der Waals surface area contributed by atoms with Gasteiger partial charge in [-0.25, -0.2) is 0 Å². The molecule has 0 spiro atoms. The van der Waals surface area contributed by atoms with Gasteiger partial charge in [0.2, 0.25) is 0 Å². The number of methoxy groups -OCH3 is 2. The molecule has 0 aromatic rings. The smallest absolute Gasteiger partial charge is 0.169 e. The molecule has 1 N–H and O–H groups in total. The maximum Gasteiger partial charge on any atom is 0.169 e. The fourth-order valence-corrected chi connectivity index (χ4v) is 2.01. The number of hydrogen-bond donors (Lipinski definition) is 1. The van der Waals surface area contributed by atoms with Crippen LogP contribution in [0.4, 0.5) is 0 Å². The summed E-state index contributed by atoms with van der Waals surface area (Å²) in [6, 6.07) is 0.652. The molecule has 15 heavy (non-hydrogen) atoms. The van der Waals surface area contributed by atoms with Crippen molar-refractivity contribution < 1.29 is 9.47 Å². The fraction of sp³-hybridized carbons (Fsp3) is 1.00. The second-order valence-electron chi connectivity index (χ2n) is 4.05. The predicted molar refractivity (Wildman–Crippen MR) is 60.9 cm³/mol. The van der Waals surface area contributed by atoms with Gasteiger partial charge in [-0.3, -0.25) is 4.90 Å². The van der Waals surface area contributed by atoms with Crippen LogP contribution in [-0.2, 0) is 9.47 Å². The summed E-state index contributed by atoms with van der Waals surface area (Å²) in [6.45, 7) is 6.33. The highest BCUT2D eigenvalue weighted by Crippen LogP contribution is 2.07. The minimum Gasteiger partial charge on any atom is -0.355 e. The number of hydrogen-bond acceptors (Lipinski definition) is 4.